The van der Waals surface area contributed by atoms with Crippen molar-refractivity contribution in [2.45, 2.75) is 149 Å². The van der Waals surface area contributed by atoms with Gasteiger partial charge in [0.05, 0.1) is 29.8 Å². The normalized spacial score (nSPS) is 55.7. The van der Waals surface area contributed by atoms with Gasteiger partial charge in [0.25, 0.3) is 0 Å². The number of esters is 1. The zero-order valence-electron chi connectivity index (χ0n) is 28.9. The molecule has 4 saturated carbocycles. The third kappa shape index (κ3) is 4.40. The molecule has 8 heteroatoms. The summed E-state index contributed by atoms with van der Waals surface area (Å²) in [5, 5.41) is 54.7. The number of rotatable bonds is 3. The molecule has 1 saturated heterocycles. The van der Waals surface area contributed by atoms with E-state index in [1.807, 2.05) is 6.92 Å². The quantitative estimate of drug-likeness (QED) is 0.222. The highest BCUT2D eigenvalue weighted by Crippen LogP contribution is 2.76. The zero-order chi connectivity index (χ0) is 33.1. The monoisotopic (exact) mass is 632 g/mol. The minimum atomic E-state index is -1.30. The van der Waals surface area contributed by atoms with Crippen LogP contribution < -0.4 is 0 Å². The van der Waals surface area contributed by atoms with Crippen LogP contribution in [0.3, 0.4) is 0 Å². The van der Waals surface area contributed by atoms with Crippen LogP contribution in [-0.2, 0) is 14.3 Å². The first kappa shape index (κ1) is 33.9. The Labute approximate surface area is 270 Å². The van der Waals surface area contributed by atoms with E-state index in [2.05, 4.69) is 47.6 Å². The molecule has 5 N–H and O–H groups in total. The van der Waals surface area contributed by atoms with Crippen molar-refractivity contribution in [1.82, 2.24) is 0 Å². The Morgan fingerprint density at radius 2 is 1.60 bits per heavy atom. The standard InChI is InChI=1S/C37H60O8/c1-20-11-16-37(31(42)45-30-28(41)21(2)27(40)23(19-38)44-30)18-17-34(6)22(29(37)36(20,8)43)9-10-25-33(5)14-13-26(39)32(3,4)24(33)12-15-35(25,34)7/h9,20-21,23-30,38-41,43H,10-19H2,1-8H3/t20-,21+,23-,24+,25-,26+,27+,28-,29-,30+,33+,34-,35-,36-,37+/m1/s1. The van der Waals surface area contributed by atoms with E-state index in [-0.39, 0.29) is 33.7 Å². The molecule has 256 valence electrons. The number of aliphatic hydroxyl groups is 5. The molecule has 0 aromatic rings. The fraction of sp³-hybridized carbons (Fsp3) is 0.919. The summed E-state index contributed by atoms with van der Waals surface area (Å²) in [7, 11) is 0. The van der Waals surface area contributed by atoms with Gasteiger partial charge in [-0.3, -0.25) is 4.79 Å². The van der Waals surface area contributed by atoms with E-state index >= 15 is 0 Å². The lowest BCUT2D eigenvalue weighted by molar-refractivity contribution is -0.287. The fourth-order valence-corrected chi connectivity index (χ4v) is 12.4. The molecule has 8 nitrogen and oxygen atoms in total. The molecule has 6 rings (SSSR count). The number of hydrogen-bond donors (Lipinski definition) is 5. The molecular weight excluding hydrogens is 572 g/mol. The van der Waals surface area contributed by atoms with Gasteiger partial charge in [-0.1, -0.05) is 60.1 Å². The van der Waals surface area contributed by atoms with Gasteiger partial charge in [-0.05, 0) is 104 Å². The van der Waals surface area contributed by atoms with Gasteiger partial charge >= 0.3 is 5.97 Å². The Bertz CT molecular complexity index is 1210. The first-order valence-electron chi connectivity index (χ1n) is 17.8. The van der Waals surface area contributed by atoms with Crippen LogP contribution in [0.25, 0.3) is 0 Å². The van der Waals surface area contributed by atoms with E-state index in [1.165, 1.54) is 5.57 Å². The summed E-state index contributed by atoms with van der Waals surface area (Å²) < 4.78 is 11.8. The summed E-state index contributed by atoms with van der Waals surface area (Å²) in [4.78, 5) is 14.5. The largest absolute Gasteiger partial charge is 0.432 e. The Kier molecular flexibility index (Phi) is 8.08. The molecule has 0 aromatic carbocycles. The molecule has 0 radical (unpaired) electrons. The van der Waals surface area contributed by atoms with Crippen LogP contribution in [0.1, 0.15) is 113 Å². The predicted octanol–water partition coefficient (Wildman–Crippen LogP) is 4.74. The Morgan fingerprint density at radius 3 is 2.27 bits per heavy atom. The number of allylic oxidation sites excluding steroid dienone is 1. The van der Waals surface area contributed by atoms with Gasteiger partial charge in [0, 0.05) is 11.8 Å². The van der Waals surface area contributed by atoms with Crippen LogP contribution in [-0.4, -0.2) is 74.4 Å². The highest BCUT2D eigenvalue weighted by Gasteiger charge is 2.71. The zero-order valence-corrected chi connectivity index (χ0v) is 28.9. The summed E-state index contributed by atoms with van der Waals surface area (Å²) in [6, 6.07) is 0. The number of ether oxygens (including phenoxy) is 2. The summed E-state index contributed by atoms with van der Waals surface area (Å²) in [6.45, 7) is 17.1. The molecule has 0 amide bonds. The maximum Gasteiger partial charge on any atom is 0.315 e. The number of hydrogen-bond acceptors (Lipinski definition) is 8. The average Bonchev–Trinajstić information content (AvgIpc) is 2.97. The van der Waals surface area contributed by atoms with Crippen molar-refractivity contribution in [3.8, 4) is 0 Å². The number of carbonyl (C=O) groups is 1. The van der Waals surface area contributed by atoms with Crippen LogP contribution in [0.4, 0.5) is 0 Å². The van der Waals surface area contributed by atoms with Gasteiger partial charge in [0.15, 0.2) is 0 Å². The van der Waals surface area contributed by atoms with Gasteiger partial charge in [0.1, 0.15) is 12.2 Å². The molecule has 5 fully saturated rings. The van der Waals surface area contributed by atoms with E-state index in [9.17, 15) is 30.3 Å². The fourth-order valence-electron chi connectivity index (χ4n) is 12.4. The summed E-state index contributed by atoms with van der Waals surface area (Å²) >= 11 is 0. The Morgan fingerprint density at radius 1 is 0.911 bits per heavy atom. The second-order valence-electron chi connectivity index (χ2n) is 17.9. The first-order valence-corrected chi connectivity index (χ1v) is 17.8. The van der Waals surface area contributed by atoms with Crippen molar-refractivity contribution >= 4 is 5.97 Å². The molecule has 1 heterocycles. The minimum absolute atomic E-state index is 0.0171. The third-order valence-electron chi connectivity index (χ3n) is 15.9. The Hall–Kier alpha value is -1.03. The average molecular weight is 633 g/mol. The summed E-state index contributed by atoms with van der Waals surface area (Å²) in [5.74, 6) is -0.693. The first-order chi connectivity index (χ1) is 20.8. The lowest BCUT2D eigenvalue weighted by atomic mass is 9.33. The van der Waals surface area contributed by atoms with Gasteiger partial charge in [-0.25, -0.2) is 0 Å². The molecule has 1 aliphatic heterocycles. The van der Waals surface area contributed by atoms with E-state index in [4.69, 9.17) is 9.47 Å². The number of fused-ring (bicyclic) bond motifs is 7. The van der Waals surface area contributed by atoms with Crippen LogP contribution in [0.15, 0.2) is 11.6 Å². The molecule has 45 heavy (non-hydrogen) atoms. The third-order valence-corrected chi connectivity index (χ3v) is 15.9. The van der Waals surface area contributed by atoms with Crippen molar-refractivity contribution in [3.05, 3.63) is 11.6 Å². The maximum atomic E-state index is 14.5. The second-order valence-corrected chi connectivity index (χ2v) is 17.9. The van der Waals surface area contributed by atoms with Gasteiger partial charge in [0.2, 0.25) is 6.29 Å². The number of aliphatic hydroxyl groups excluding tert-OH is 4. The van der Waals surface area contributed by atoms with Gasteiger partial charge < -0.3 is 35.0 Å². The smallest absolute Gasteiger partial charge is 0.315 e. The Balaban J connectivity index is 1.39. The van der Waals surface area contributed by atoms with E-state index in [1.54, 1.807) is 6.92 Å². The number of carbonyl (C=O) groups excluding carboxylic acids is 1. The van der Waals surface area contributed by atoms with Crippen LogP contribution in [0.2, 0.25) is 0 Å². The van der Waals surface area contributed by atoms with Gasteiger partial charge in [-0.15, -0.1) is 0 Å². The van der Waals surface area contributed by atoms with Crippen molar-refractivity contribution in [2.75, 3.05) is 6.61 Å². The van der Waals surface area contributed by atoms with Crippen molar-refractivity contribution in [2.24, 2.45) is 56.7 Å². The maximum absolute atomic E-state index is 14.5. The molecular formula is C37H60O8. The van der Waals surface area contributed by atoms with Crippen molar-refractivity contribution in [1.29, 1.82) is 0 Å². The summed E-state index contributed by atoms with van der Waals surface area (Å²) in [6.07, 6.45) is 5.03. The van der Waals surface area contributed by atoms with Crippen molar-refractivity contribution in [3.63, 3.8) is 0 Å². The van der Waals surface area contributed by atoms with Crippen molar-refractivity contribution < 1.29 is 39.8 Å². The summed E-state index contributed by atoms with van der Waals surface area (Å²) in [5.41, 5.74) is -1.22. The topological polar surface area (TPSA) is 137 Å². The molecule has 0 spiro atoms. The van der Waals surface area contributed by atoms with E-state index in [0.29, 0.717) is 31.1 Å². The molecule has 0 aromatic heterocycles. The molecule has 0 bridgehead atoms. The molecule has 0 unspecified atom stereocenters. The minimum Gasteiger partial charge on any atom is -0.432 e. The molecule has 6 aliphatic rings. The second kappa shape index (κ2) is 10.7. The molecule has 15 atom stereocenters. The predicted molar refractivity (Wildman–Crippen MR) is 169 cm³/mol. The lowest BCUT2D eigenvalue weighted by Crippen LogP contribution is -2.68. The van der Waals surface area contributed by atoms with Gasteiger partial charge in [-0.2, -0.15) is 0 Å². The van der Waals surface area contributed by atoms with Crippen LogP contribution >= 0.6 is 0 Å². The molecule has 5 aliphatic carbocycles. The van der Waals surface area contributed by atoms with Crippen LogP contribution in [0, 0.1) is 56.7 Å². The van der Waals surface area contributed by atoms with E-state index in [0.717, 1.165) is 38.5 Å². The highest BCUT2D eigenvalue weighted by atomic mass is 16.7. The highest BCUT2D eigenvalue weighted by molar-refractivity contribution is 5.79. The van der Waals surface area contributed by atoms with Crippen LogP contribution in [0.5, 0.6) is 0 Å². The SMILES string of the molecule is C[C@@H]1[C@@H](O)[C@H](OC(=O)[C@]23CC[C@@H](C)[C@@](C)(O)[C@H]2C2=CC[C@@H]4[C@@]5(C)CC[C@H](O)C(C)(C)[C@@H]5CC[C@@]4(C)[C@]2(C)CC3)O[C@H](CO)[C@H]1O. The van der Waals surface area contributed by atoms with E-state index < -0.39 is 60.0 Å². The lowest BCUT2D eigenvalue weighted by Gasteiger charge is -2.71.